The largest absolute Gasteiger partial charge is 0.481 e. The van der Waals surface area contributed by atoms with Crippen molar-refractivity contribution in [1.82, 2.24) is 5.32 Å². The molecule has 5 heteroatoms. The number of carbonyl (C=O) groups is 2. The molecule has 0 fully saturated rings. The molecule has 0 radical (unpaired) electrons. The summed E-state index contributed by atoms with van der Waals surface area (Å²) >= 11 is 1.13. The Hall–Kier alpha value is -1.49. The zero-order valence-corrected chi connectivity index (χ0v) is 11.4. The maximum atomic E-state index is 11.8. The van der Waals surface area contributed by atoms with Gasteiger partial charge >= 0.3 is 5.97 Å². The number of benzene rings is 1. The molecule has 1 atom stereocenters. The van der Waals surface area contributed by atoms with Gasteiger partial charge in [-0.25, -0.2) is 0 Å². The van der Waals surface area contributed by atoms with Crippen molar-refractivity contribution >= 4 is 23.6 Å². The van der Waals surface area contributed by atoms with E-state index in [4.69, 9.17) is 5.11 Å². The van der Waals surface area contributed by atoms with Crippen LogP contribution in [0.2, 0.25) is 0 Å². The van der Waals surface area contributed by atoms with Crippen molar-refractivity contribution in [3.05, 3.63) is 35.4 Å². The van der Waals surface area contributed by atoms with Gasteiger partial charge in [-0.3, -0.25) is 9.59 Å². The van der Waals surface area contributed by atoms with Crippen molar-refractivity contribution in [2.45, 2.75) is 25.3 Å². The lowest BCUT2D eigenvalue weighted by molar-refractivity contribution is -0.133. The minimum atomic E-state index is -0.888. The topological polar surface area (TPSA) is 66.4 Å². The lowest BCUT2D eigenvalue weighted by atomic mass is 9.88. The minimum Gasteiger partial charge on any atom is -0.481 e. The molecule has 2 N–H and O–H groups in total. The molecular formula is C14H17NO3S. The van der Waals surface area contributed by atoms with Gasteiger partial charge in [-0.2, -0.15) is 0 Å². The molecule has 1 aromatic carbocycles. The van der Waals surface area contributed by atoms with E-state index in [9.17, 15) is 9.59 Å². The van der Waals surface area contributed by atoms with Gasteiger partial charge in [0.15, 0.2) is 0 Å². The predicted molar refractivity (Wildman–Crippen MR) is 75.2 cm³/mol. The summed E-state index contributed by atoms with van der Waals surface area (Å²) in [5.74, 6) is -0.812. The summed E-state index contributed by atoms with van der Waals surface area (Å²) in [5.41, 5.74) is 2.50. The van der Waals surface area contributed by atoms with Gasteiger partial charge in [0.25, 0.3) is 0 Å². The molecule has 102 valence electrons. The van der Waals surface area contributed by atoms with Gasteiger partial charge in [-0.05, 0) is 30.4 Å². The van der Waals surface area contributed by atoms with E-state index < -0.39 is 5.97 Å². The summed E-state index contributed by atoms with van der Waals surface area (Å²) in [7, 11) is 0. The quantitative estimate of drug-likeness (QED) is 0.865. The van der Waals surface area contributed by atoms with Crippen LogP contribution in [0.5, 0.6) is 0 Å². The summed E-state index contributed by atoms with van der Waals surface area (Å²) in [6.45, 7) is 0. The molecule has 2 rings (SSSR count). The van der Waals surface area contributed by atoms with Crippen LogP contribution in [0.3, 0.4) is 0 Å². The normalized spacial score (nSPS) is 17.6. The van der Waals surface area contributed by atoms with Gasteiger partial charge in [-0.1, -0.05) is 24.3 Å². The average Bonchev–Trinajstić information content (AvgIpc) is 2.39. The highest BCUT2D eigenvalue weighted by Crippen LogP contribution is 2.29. The Balaban J connectivity index is 1.90. The first-order valence-electron chi connectivity index (χ1n) is 6.33. The third-order valence-corrected chi connectivity index (χ3v) is 4.08. The van der Waals surface area contributed by atoms with E-state index in [2.05, 4.69) is 17.4 Å². The van der Waals surface area contributed by atoms with Crippen molar-refractivity contribution in [3.8, 4) is 0 Å². The van der Waals surface area contributed by atoms with E-state index >= 15 is 0 Å². The van der Waals surface area contributed by atoms with Gasteiger partial charge in [-0.15, -0.1) is 11.8 Å². The Labute approximate surface area is 116 Å². The second-order valence-corrected chi connectivity index (χ2v) is 5.58. The molecule has 1 amide bonds. The molecular weight excluding hydrogens is 262 g/mol. The van der Waals surface area contributed by atoms with Gasteiger partial charge in [0.1, 0.15) is 0 Å². The molecule has 19 heavy (non-hydrogen) atoms. The zero-order chi connectivity index (χ0) is 13.7. The van der Waals surface area contributed by atoms with E-state index in [-0.39, 0.29) is 23.5 Å². The van der Waals surface area contributed by atoms with Gasteiger partial charge in [0, 0.05) is 0 Å². The minimum absolute atomic E-state index is 0.0331. The van der Waals surface area contributed by atoms with Gasteiger partial charge in [0.05, 0.1) is 17.5 Å². The fourth-order valence-electron chi connectivity index (χ4n) is 2.37. The fourth-order valence-corrected chi connectivity index (χ4v) is 2.92. The number of nitrogens with one attached hydrogen (secondary N) is 1. The van der Waals surface area contributed by atoms with Crippen molar-refractivity contribution in [2.24, 2.45) is 0 Å². The van der Waals surface area contributed by atoms with E-state index in [0.717, 1.165) is 31.0 Å². The van der Waals surface area contributed by atoms with Gasteiger partial charge in [0.2, 0.25) is 5.91 Å². The first-order valence-corrected chi connectivity index (χ1v) is 7.49. The standard InChI is InChI=1S/C14H17NO3S/c16-13(8-19-9-14(17)18)15-12-7-3-5-10-4-1-2-6-11(10)12/h1-2,4,6,12H,3,5,7-9H2,(H,15,16)(H,17,18)/t12-/m1/s1. The molecule has 0 bridgehead atoms. The van der Waals surface area contributed by atoms with Crippen molar-refractivity contribution in [3.63, 3.8) is 0 Å². The van der Waals surface area contributed by atoms with E-state index in [1.54, 1.807) is 0 Å². The van der Waals surface area contributed by atoms with E-state index in [1.807, 2.05) is 12.1 Å². The van der Waals surface area contributed by atoms with Crippen LogP contribution in [0, 0.1) is 0 Å². The maximum absolute atomic E-state index is 11.8. The number of thioether (sulfide) groups is 1. The fraction of sp³-hybridized carbons (Fsp3) is 0.429. The van der Waals surface area contributed by atoms with Crippen molar-refractivity contribution in [2.75, 3.05) is 11.5 Å². The monoisotopic (exact) mass is 279 g/mol. The number of amides is 1. The molecule has 0 heterocycles. The molecule has 1 aliphatic carbocycles. The van der Waals surface area contributed by atoms with E-state index in [1.165, 1.54) is 11.1 Å². The van der Waals surface area contributed by atoms with Crippen molar-refractivity contribution < 1.29 is 14.7 Å². The van der Waals surface area contributed by atoms with Crippen molar-refractivity contribution in [1.29, 1.82) is 0 Å². The number of carboxylic acid groups (broad SMARTS) is 1. The van der Waals surface area contributed by atoms with Crippen LogP contribution in [-0.2, 0) is 16.0 Å². The lowest BCUT2D eigenvalue weighted by Crippen LogP contribution is -2.32. The SMILES string of the molecule is O=C(O)CSCC(=O)N[C@@H]1CCCc2ccccc21. The Kier molecular flexibility index (Phi) is 4.85. The number of carbonyl (C=O) groups excluding carboxylic acids is 1. The number of aryl methyl sites for hydroxylation is 1. The number of fused-ring (bicyclic) bond motifs is 1. The maximum Gasteiger partial charge on any atom is 0.313 e. The average molecular weight is 279 g/mol. The molecule has 0 aliphatic heterocycles. The zero-order valence-electron chi connectivity index (χ0n) is 10.6. The highest BCUT2D eigenvalue weighted by Gasteiger charge is 2.21. The molecule has 1 aliphatic rings. The first-order chi connectivity index (χ1) is 9.16. The Morgan fingerprint density at radius 2 is 2.11 bits per heavy atom. The predicted octanol–water partition coefficient (Wildman–Crippen LogP) is 2.00. The second-order valence-electron chi connectivity index (χ2n) is 4.60. The molecule has 0 saturated carbocycles. The number of hydrogen-bond donors (Lipinski definition) is 2. The molecule has 0 unspecified atom stereocenters. The highest BCUT2D eigenvalue weighted by molar-refractivity contribution is 8.00. The number of hydrogen-bond acceptors (Lipinski definition) is 3. The summed E-state index contributed by atoms with van der Waals surface area (Å²) in [4.78, 5) is 22.2. The first kappa shape index (κ1) is 13.9. The summed E-state index contributed by atoms with van der Waals surface area (Å²) < 4.78 is 0. The van der Waals surface area contributed by atoms with E-state index in [0.29, 0.717) is 0 Å². The van der Waals surface area contributed by atoms with Crippen LogP contribution >= 0.6 is 11.8 Å². The van der Waals surface area contributed by atoms with Crippen LogP contribution in [0.15, 0.2) is 24.3 Å². The Morgan fingerprint density at radius 3 is 2.89 bits per heavy atom. The summed E-state index contributed by atoms with van der Waals surface area (Å²) in [6.07, 6.45) is 3.09. The van der Waals surface area contributed by atoms with Crippen LogP contribution in [-0.4, -0.2) is 28.5 Å². The summed E-state index contributed by atoms with van der Waals surface area (Å²) in [5, 5.41) is 11.5. The molecule has 0 saturated heterocycles. The second kappa shape index (κ2) is 6.61. The van der Waals surface area contributed by atoms with Crippen LogP contribution in [0.1, 0.15) is 30.0 Å². The van der Waals surface area contributed by atoms with Crippen LogP contribution in [0.25, 0.3) is 0 Å². The lowest BCUT2D eigenvalue weighted by Gasteiger charge is -2.26. The summed E-state index contributed by atoms with van der Waals surface area (Å²) in [6, 6.07) is 8.24. The number of aliphatic carboxylic acids is 1. The van der Waals surface area contributed by atoms with Gasteiger partial charge < -0.3 is 10.4 Å². The third kappa shape index (κ3) is 3.99. The Morgan fingerprint density at radius 1 is 1.32 bits per heavy atom. The third-order valence-electron chi connectivity index (χ3n) is 3.16. The molecule has 0 spiro atoms. The molecule has 1 aromatic rings. The highest BCUT2D eigenvalue weighted by atomic mass is 32.2. The smallest absolute Gasteiger partial charge is 0.313 e. The van der Waals surface area contributed by atoms with Crippen LogP contribution in [0.4, 0.5) is 0 Å². The van der Waals surface area contributed by atoms with Crippen LogP contribution < -0.4 is 5.32 Å². The number of rotatable bonds is 5. The number of carboxylic acids is 1. The molecule has 0 aromatic heterocycles. The molecule has 4 nitrogen and oxygen atoms in total. The Bertz CT molecular complexity index is 476.